The molecule has 1 N–H and O–H groups in total. The normalized spacial score (nSPS) is 15.2. The lowest BCUT2D eigenvalue weighted by Gasteiger charge is -2.32. The summed E-state index contributed by atoms with van der Waals surface area (Å²) in [6.45, 7) is 4.35. The molecule has 2 nitrogen and oxygen atoms in total. The first kappa shape index (κ1) is 23.9. The van der Waals surface area contributed by atoms with Crippen molar-refractivity contribution in [2.24, 2.45) is 0 Å². The molecule has 4 rings (SSSR count). The number of thioether (sulfide) groups is 1. The lowest BCUT2D eigenvalue weighted by molar-refractivity contribution is 0.201. The minimum absolute atomic E-state index is 0.0628. The van der Waals surface area contributed by atoms with Crippen LogP contribution in [0.4, 0.5) is 8.78 Å². The minimum Gasteiger partial charge on any atom is -0.313 e. The van der Waals surface area contributed by atoms with Crippen LogP contribution >= 0.6 is 11.8 Å². The molecule has 0 radical (unpaired) electrons. The first-order valence-electron chi connectivity index (χ1n) is 11.8. The summed E-state index contributed by atoms with van der Waals surface area (Å²) in [4.78, 5) is 2.57. The van der Waals surface area contributed by atoms with Crippen LogP contribution in [0.3, 0.4) is 0 Å². The summed E-state index contributed by atoms with van der Waals surface area (Å²) in [5.41, 5.74) is 3.49. The van der Waals surface area contributed by atoms with Gasteiger partial charge in [0, 0.05) is 24.9 Å². The molecular formula is C28H32F2N2S. The van der Waals surface area contributed by atoms with Crippen molar-refractivity contribution in [1.82, 2.24) is 10.2 Å². The maximum absolute atomic E-state index is 13.4. The molecule has 1 saturated heterocycles. The highest BCUT2D eigenvalue weighted by Crippen LogP contribution is 2.35. The number of likely N-dealkylation sites (tertiary alicyclic amines) is 1. The smallest absolute Gasteiger partial charge is 0.123 e. The molecule has 3 aromatic rings. The van der Waals surface area contributed by atoms with Gasteiger partial charge >= 0.3 is 0 Å². The van der Waals surface area contributed by atoms with E-state index in [9.17, 15) is 8.78 Å². The summed E-state index contributed by atoms with van der Waals surface area (Å²) in [5.74, 6) is 0.463. The maximum atomic E-state index is 13.4. The van der Waals surface area contributed by atoms with Crippen LogP contribution in [-0.4, -0.2) is 42.9 Å². The van der Waals surface area contributed by atoms with Crippen molar-refractivity contribution in [2.75, 3.05) is 31.9 Å². The third-order valence-electron chi connectivity index (χ3n) is 6.31. The molecule has 0 spiro atoms. The average molecular weight is 467 g/mol. The fourth-order valence-electron chi connectivity index (χ4n) is 4.39. The number of nitrogens with one attached hydrogen (secondary N) is 1. The van der Waals surface area contributed by atoms with Gasteiger partial charge in [-0.05, 0) is 73.3 Å². The summed E-state index contributed by atoms with van der Waals surface area (Å²) in [6, 6.07) is 24.6. The Balaban J connectivity index is 1.21. The third kappa shape index (κ3) is 7.39. The molecule has 0 unspecified atom stereocenters. The zero-order valence-electron chi connectivity index (χ0n) is 18.9. The number of hydrogen-bond donors (Lipinski definition) is 1. The number of nitrogens with zero attached hydrogens (tertiary/aromatic N) is 1. The Morgan fingerprint density at radius 2 is 1.39 bits per heavy atom. The van der Waals surface area contributed by atoms with Crippen LogP contribution in [-0.2, 0) is 6.42 Å². The van der Waals surface area contributed by atoms with E-state index in [1.807, 2.05) is 36.0 Å². The molecule has 33 heavy (non-hydrogen) atoms. The quantitative estimate of drug-likeness (QED) is 0.364. The Morgan fingerprint density at radius 3 is 1.97 bits per heavy atom. The van der Waals surface area contributed by atoms with E-state index in [0.717, 1.165) is 49.5 Å². The Kier molecular flexibility index (Phi) is 8.93. The van der Waals surface area contributed by atoms with Crippen LogP contribution in [0, 0.1) is 11.6 Å². The highest BCUT2D eigenvalue weighted by atomic mass is 32.2. The summed E-state index contributed by atoms with van der Waals surface area (Å²) in [7, 11) is 0. The fraction of sp³-hybridized carbons (Fsp3) is 0.357. The van der Waals surface area contributed by atoms with Gasteiger partial charge in [0.1, 0.15) is 11.6 Å². The highest BCUT2D eigenvalue weighted by molar-refractivity contribution is 7.99. The zero-order chi connectivity index (χ0) is 22.9. The van der Waals surface area contributed by atoms with Crippen LogP contribution in [0.1, 0.15) is 34.8 Å². The molecule has 0 saturated carbocycles. The molecule has 0 aliphatic carbocycles. The van der Waals surface area contributed by atoms with E-state index >= 15 is 0 Å². The van der Waals surface area contributed by atoms with Crippen molar-refractivity contribution < 1.29 is 8.78 Å². The van der Waals surface area contributed by atoms with Gasteiger partial charge in [-0.25, -0.2) is 8.78 Å². The monoisotopic (exact) mass is 466 g/mol. The van der Waals surface area contributed by atoms with Gasteiger partial charge in [0.05, 0.1) is 5.25 Å². The highest BCUT2D eigenvalue weighted by Gasteiger charge is 2.19. The maximum Gasteiger partial charge on any atom is 0.123 e. The largest absolute Gasteiger partial charge is 0.313 e. The van der Waals surface area contributed by atoms with Crippen molar-refractivity contribution >= 4 is 11.8 Å². The predicted molar refractivity (Wildman–Crippen MR) is 135 cm³/mol. The van der Waals surface area contributed by atoms with Crippen molar-refractivity contribution in [1.29, 1.82) is 0 Å². The molecule has 5 heteroatoms. The molecule has 174 valence electrons. The number of halogens is 2. The lowest BCUT2D eigenvalue weighted by atomic mass is 10.0. The molecular weight excluding hydrogens is 434 g/mol. The van der Waals surface area contributed by atoms with Crippen molar-refractivity contribution in [3.63, 3.8) is 0 Å². The molecule has 3 aromatic carbocycles. The van der Waals surface area contributed by atoms with Crippen molar-refractivity contribution in [3.8, 4) is 0 Å². The van der Waals surface area contributed by atoms with E-state index in [-0.39, 0.29) is 16.9 Å². The molecule has 1 aliphatic rings. The summed E-state index contributed by atoms with van der Waals surface area (Å²) >= 11 is 1.82. The minimum atomic E-state index is -0.238. The molecule has 1 aliphatic heterocycles. The van der Waals surface area contributed by atoms with Gasteiger partial charge in [-0.3, -0.25) is 0 Å². The number of hydrogen-bond acceptors (Lipinski definition) is 3. The molecule has 0 aromatic heterocycles. The second-order valence-electron chi connectivity index (χ2n) is 8.66. The van der Waals surface area contributed by atoms with Crippen LogP contribution < -0.4 is 5.32 Å². The van der Waals surface area contributed by atoms with Gasteiger partial charge in [-0.15, -0.1) is 11.8 Å². The fourth-order valence-corrected chi connectivity index (χ4v) is 5.56. The topological polar surface area (TPSA) is 15.3 Å². The molecule has 0 bridgehead atoms. The van der Waals surface area contributed by atoms with E-state index in [1.165, 1.54) is 42.7 Å². The summed E-state index contributed by atoms with van der Waals surface area (Å²) < 4.78 is 26.8. The first-order chi connectivity index (χ1) is 16.2. The lowest BCUT2D eigenvalue weighted by Crippen LogP contribution is -2.43. The van der Waals surface area contributed by atoms with Gasteiger partial charge in [0.2, 0.25) is 0 Å². The van der Waals surface area contributed by atoms with Crippen molar-refractivity contribution in [2.45, 2.75) is 30.6 Å². The van der Waals surface area contributed by atoms with Gasteiger partial charge < -0.3 is 10.2 Å². The van der Waals surface area contributed by atoms with Crippen LogP contribution in [0.15, 0.2) is 78.9 Å². The molecule has 1 fully saturated rings. The van der Waals surface area contributed by atoms with Crippen LogP contribution in [0.5, 0.6) is 0 Å². The SMILES string of the molecule is Fc1ccc(C(SCCNC2CCN(CCc3ccccc3)CC2)c2ccc(F)cc2)cc1. The van der Waals surface area contributed by atoms with E-state index in [4.69, 9.17) is 0 Å². The van der Waals surface area contributed by atoms with Crippen molar-refractivity contribution in [3.05, 3.63) is 107 Å². The second kappa shape index (κ2) is 12.3. The van der Waals surface area contributed by atoms with Crippen LogP contribution in [0.2, 0.25) is 0 Å². The van der Waals surface area contributed by atoms with E-state index < -0.39 is 0 Å². The Hall–Kier alpha value is -2.21. The Morgan fingerprint density at radius 1 is 0.818 bits per heavy atom. The predicted octanol–water partition coefficient (Wildman–Crippen LogP) is 6.08. The Bertz CT molecular complexity index is 910. The van der Waals surface area contributed by atoms with Gasteiger partial charge in [0.15, 0.2) is 0 Å². The van der Waals surface area contributed by atoms with Gasteiger partial charge in [0.25, 0.3) is 0 Å². The summed E-state index contributed by atoms with van der Waals surface area (Å²) in [5, 5.41) is 3.79. The van der Waals surface area contributed by atoms with E-state index in [1.54, 1.807) is 0 Å². The number of rotatable bonds is 10. The average Bonchev–Trinajstić information content (AvgIpc) is 2.86. The molecule has 0 atom stereocenters. The first-order valence-corrected chi connectivity index (χ1v) is 12.8. The second-order valence-corrected chi connectivity index (χ2v) is 9.87. The Labute approximate surface area is 200 Å². The molecule has 1 heterocycles. The molecule has 0 amide bonds. The van der Waals surface area contributed by atoms with E-state index in [2.05, 4.69) is 40.5 Å². The zero-order valence-corrected chi connectivity index (χ0v) is 19.7. The van der Waals surface area contributed by atoms with E-state index in [0.29, 0.717) is 6.04 Å². The number of benzene rings is 3. The number of piperidine rings is 1. The summed E-state index contributed by atoms with van der Waals surface area (Å²) in [6.07, 6.45) is 3.47. The van der Waals surface area contributed by atoms with Gasteiger partial charge in [-0.2, -0.15) is 0 Å². The van der Waals surface area contributed by atoms with Crippen LogP contribution in [0.25, 0.3) is 0 Å². The van der Waals surface area contributed by atoms with Gasteiger partial charge in [-0.1, -0.05) is 54.6 Å². The standard InChI is InChI=1S/C28H32F2N2S/c29-25-10-6-23(7-11-25)28(24-8-12-26(30)13-9-24)33-21-17-31-27-15-19-32(20-16-27)18-14-22-4-2-1-3-5-22/h1-13,27-28,31H,14-21H2. The third-order valence-corrected chi connectivity index (χ3v) is 7.63.